The number of ether oxygens (including phenoxy) is 2. The van der Waals surface area contributed by atoms with Gasteiger partial charge in [0.25, 0.3) is 5.91 Å². The third-order valence-corrected chi connectivity index (χ3v) is 6.92. The summed E-state index contributed by atoms with van der Waals surface area (Å²) >= 11 is 0. The zero-order chi connectivity index (χ0) is 26.1. The van der Waals surface area contributed by atoms with Gasteiger partial charge in [0.2, 0.25) is 5.89 Å². The van der Waals surface area contributed by atoms with Gasteiger partial charge in [-0.15, -0.1) is 10.2 Å². The molecule has 0 spiro atoms. The van der Waals surface area contributed by atoms with Gasteiger partial charge in [0.15, 0.2) is 15.9 Å². The number of hydrogen-bond acceptors (Lipinski definition) is 10. The molecular weight excluding hydrogens is 492 g/mol. The van der Waals surface area contributed by atoms with Crippen LogP contribution in [0.4, 0.5) is 4.79 Å². The van der Waals surface area contributed by atoms with Crippen LogP contribution < -0.4 is 0 Å². The number of aryl methyl sites for hydroxylation is 1. The van der Waals surface area contributed by atoms with E-state index < -0.39 is 45.5 Å². The van der Waals surface area contributed by atoms with Gasteiger partial charge in [0.05, 0.1) is 24.7 Å². The molecule has 2 heterocycles. The van der Waals surface area contributed by atoms with Gasteiger partial charge in [-0.05, 0) is 12.0 Å². The van der Waals surface area contributed by atoms with Crippen LogP contribution in [-0.2, 0) is 36.3 Å². The molecule has 1 aromatic carbocycles. The highest BCUT2D eigenvalue weighted by atomic mass is 32.2. The van der Waals surface area contributed by atoms with E-state index >= 15 is 0 Å². The lowest BCUT2D eigenvalue weighted by Gasteiger charge is -2.29. The summed E-state index contributed by atoms with van der Waals surface area (Å²) in [5, 5.41) is 7.43. The first-order valence-electron chi connectivity index (χ1n) is 11.7. The molecule has 12 nitrogen and oxygen atoms in total. The topological polar surface area (TPSA) is 149 Å². The first-order chi connectivity index (χ1) is 17.2. The smallest absolute Gasteiger partial charge is 0.410 e. The largest absolute Gasteiger partial charge is 0.435 e. The Hall–Kier alpha value is -3.32. The highest BCUT2D eigenvalue weighted by molar-refractivity contribution is 7.90. The molecule has 1 aliphatic heterocycles. The predicted octanol–water partition coefficient (Wildman–Crippen LogP) is 1.46. The maximum absolute atomic E-state index is 13.5. The summed E-state index contributed by atoms with van der Waals surface area (Å²) in [5.41, 5.74) is 0.516. The van der Waals surface area contributed by atoms with E-state index in [-0.39, 0.29) is 44.5 Å². The van der Waals surface area contributed by atoms with Gasteiger partial charge >= 0.3 is 17.9 Å². The van der Waals surface area contributed by atoms with Crippen molar-refractivity contribution in [2.75, 3.05) is 38.6 Å². The van der Waals surface area contributed by atoms with Crippen LogP contribution in [-0.4, -0.2) is 91.0 Å². The number of imide groups is 1. The lowest BCUT2D eigenvalue weighted by molar-refractivity contribution is -0.137. The lowest BCUT2D eigenvalue weighted by Crippen LogP contribution is -2.50. The number of carbonyl (C=O) groups excluding carboxylic acids is 3. The van der Waals surface area contributed by atoms with Gasteiger partial charge in [-0.1, -0.05) is 44.2 Å². The van der Waals surface area contributed by atoms with Crippen LogP contribution in [0, 0.1) is 0 Å². The number of sulfone groups is 1. The van der Waals surface area contributed by atoms with Crippen LogP contribution in [0.5, 0.6) is 0 Å². The molecule has 1 unspecified atom stereocenters. The first kappa shape index (κ1) is 27.3. The minimum atomic E-state index is -3.92. The van der Waals surface area contributed by atoms with Crippen molar-refractivity contribution in [2.45, 2.75) is 38.5 Å². The van der Waals surface area contributed by atoms with Crippen LogP contribution in [0.3, 0.4) is 0 Å². The molecule has 196 valence electrons. The number of aromatic nitrogens is 2. The molecule has 2 aromatic rings. The third kappa shape index (κ3) is 7.34. The summed E-state index contributed by atoms with van der Waals surface area (Å²) in [6.45, 7) is 4.47. The molecule has 1 saturated heterocycles. The normalized spacial score (nSPS) is 14.8. The first-order valence-corrected chi connectivity index (χ1v) is 13.5. The minimum Gasteiger partial charge on any atom is -0.435 e. The van der Waals surface area contributed by atoms with Crippen molar-refractivity contribution >= 4 is 27.7 Å². The van der Waals surface area contributed by atoms with Crippen LogP contribution >= 0.6 is 0 Å². The standard InChI is InChI=1S/C23H30N4O8S/c1-3-10-27(22(29)20-25-24-19(4-2)35-20)21(28)18(34-23(30)26-11-13-33-14-12-26)16-36(31,32)15-17-8-6-5-7-9-17/h5-9,18H,3-4,10-16H2,1-2H3. The van der Waals surface area contributed by atoms with Gasteiger partial charge in [0.1, 0.15) is 0 Å². The Bertz CT molecular complexity index is 1150. The predicted molar refractivity (Wildman–Crippen MR) is 127 cm³/mol. The van der Waals surface area contributed by atoms with E-state index in [0.29, 0.717) is 18.4 Å². The lowest BCUT2D eigenvalue weighted by atomic mass is 10.2. The molecule has 1 fully saturated rings. The van der Waals surface area contributed by atoms with Crippen LogP contribution in [0.1, 0.15) is 42.4 Å². The summed E-state index contributed by atoms with van der Waals surface area (Å²) < 4.78 is 42.0. The monoisotopic (exact) mass is 522 g/mol. The highest BCUT2D eigenvalue weighted by Crippen LogP contribution is 2.15. The van der Waals surface area contributed by atoms with Gasteiger partial charge in [0, 0.05) is 26.1 Å². The van der Waals surface area contributed by atoms with E-state index in [1.54, 1.807) is 44.2 Å². The molecule has 0 bridgehead atoms. The highest BCUT2D eigenvalue weighted by Gasteiger charge is 2.38. The Morgan fingerprint density at radius 2 is 1.81 bits per heavy atom. The number of hydrogen-bond donors (Lipinski definition) is 0. The van der Waals surface area contributed by atoms with E-state index in [2.05, 4.69) is 10.2 Å². The quantitative estimate of drug-likeness (QED) is 0.449. The van der Waals surface area contributed by atoms with Crippen molar-refractivity contribution in [1.29, 1.82) is 0 Å². The summed E-state index contributed by atoms with van der Waals surface area (Å²) in [4.78, 5) is 41.4. The van der Waals surface area contributed by atoms with E-state index in [0.717, 1.165) is 4.90 Å². The van der Waals surface area contributed by atoms with Gasteiger partial charge < -0.3 is 18.8 Å². The minimum absolute atomic E-state index is 0.0636. The van der Waals surface area contributed by atoms with Crippen LogP contribution in [0.2, 0.25) is 0 Å². The van der Waals surface area contributed by atoms with Crippen LogP contribution in [0.15, 0.2) is 34.7 Å². The molecule has 13 heteroatoms. The van der Waals surface area contributed by atoms with Crippen molar-refractivity contribution in [3.8, 4) is 0 Å². The fourth-order valence-corrected chi connectivity index (χ4v) is 5.01. The second-order valence-corrected chi connectivity index (χ2v) is 10.3. The number of rotatable bonds is 10. The molecule has 3 amide bonds. The summed E-state index contributed by atoms with van der Waals surface area (Å²) in [6, 6.07) is 8.43. The molecule has 0 N–H and O–H groups in total. The fourth-order valence-electron chi connectivity index (χ4n) is 3.52. The van der Waals surface area contributed by atoms with Crippen molar-refractivity contribution < 1.29 is 36.7 Å². The Morgan fingerprint density at radius 1 is 1.11 bits per heavy atom. The van der Waals surface area contributed by atoms with Crippen molar-refractivity contribution in [3.63, 3.8) is 0 Å². The van der Waals surface area contributed by atoms with Crippen molar-refractivity contribution in [2.24, 2.45) is 0 Å². The Kier molecular flexibility index (Phi) is 9.53. The molecule has 1 atom stereocenters. The number of amides is 3. The van der Waals surface area contributed by atoms with Crippen LogP contribution in [0.25, 0.3) is 0 Å². The summed E-state index contributed by atoms with van der Waals surface area (Å²) in [6.07, 6.45) is -1.85. The number of carbonyl (C=O) groups is 3. The SMILES string of the molecule is CCCN(C(=O)c1nnc(CC)o1)C(=O)C(CS(=O)(=O)Cc1ccccc1)OC(=O)N1CCOCC1. The maximum atomic E-state index is 13.5. The second kappa shape index (κ2) is 12.6. The number of morpholine rings is 1. The molecule has 0 aliphatic carbocycles. The average Bonchev–Trinajstić information content (AvgIpc) is 3.36. The molecular formula is C23H30N4O8S. The zero-order valence-electron chi connectivity index (χ0n) is 20.3. The summed E-state index contributed by atoms with van der Waals surface area (Å²) in [7, 11) is -3.92. The maximum Gasteiger partial charge on any atom is 0.410 e. The summed E-state index contributed by atoms with van der Waals surface area (Å²) in [5.74, 6) is -3.22. The zero-order valence-corrected chi connectivity index (χ0v) is 21.1. The molecule has 0 radical (unpaired) electrons. The van der Waals surface area contributed by atoms with Gasteiger partial charge in [-0.3, -0.25) is 14.5 Å². The molecule has 1 aromatic heterocycles. The average molecular weight is 523 g/mol. The molecule has 36 heavy (non-hydrogen) atoms. The van der Waals surface area contributed by atoms with Gasteiger partial charge in [-0.25, -0.2) is 13.2 Å². The van der Waals surface area contributed by atoms with E-state index in [1.807, 2.05) is 0 Å². The van der Waals surface area contributed by atoms with E-state index in [1.165, 1.54) is 4.90 Å². The second-order valence-electron chi connectivity index (χ2n) is 8.16. The van der Waals surface area contributed by atoms with E-state index in [4.69, 9.17) is 13.9 Å². The molecule has 1 aliphatic rings. The van der Waals surface area contributed by atoms with Crippen molar-refractivity contribution in [3.05, 3.63) is 47.7 Å². The molecule has 3 rings (SSSR count). The van der Waals surface area contributed by atoms with Gasteiger partial charge in [-0.2, -0.15) is 0 Å². The molecule has 0 saturated carbocycles. The number of nitrogens with zero attached hydrogens (tertiary/aromatic N) is 4. The van der Waals surface area contributed by atoms with Crippen molar-refractivity contribution in [1.82, 2.24) is 20.0 Å². The third-order valence-electron chi connectivity index (χ3n) is 5.33. The fraction of sp³-hybridized carbons (Fsp3) is 0.522. The van der Waals surface area contributed by atoms with E-state index in [9.17, 15) is 22.8 Å². The number of benzene rings is 1. The Balaban J connectivity index is 1.86. The Morgan fingerprint density at radius 3 is 2.42 bits per heavy atom. The Labute approximate surface area is 209 Å².